The highest BCUT2D eigenvalue weighted by molar-refractivity contribution is 7.91. The van der Waals surface area contributed by atoms with Crippen LogP contribution >= 0.6 is 0 Å². The van der Waals surface area contributed by atoms with E-state index in [-0.39, 0.29) is 6.04 Å². The van der Waals surface area contributed by atoms with E-state index in [1.807, 2.05) is 6.07 Å². The number of nitrogens with one attached hydrogen (secondary N) is 1. The highest BCUT2D eigenvalue weighted by Gasteiger charge is 2.27. The second-order valence-electron chi connectivity index (χ2n) is 5.15. The molecule has 1 fully saturated rings. The fraction of sp³-hybridized carbons (Fsp3) is 0.571. The van der Waals surface area contributed by atoms with Gasteiger partial charge in [0.25, 0.3) is 0 Å². The normalized spacial score (nSPS) is 23.9. The van der Waals surface area contributed by atoms with Gasteiger partial charge in [0.2, 0.25) is 0 Å². The molecule has 0 saturated carbocycles. The first-order valence-electron chi connectivity index (χ1n) is 6.55. The predicted molar refractivity (Wildman–Crippen MR) is 74.5 cm³/mol. The van der Waals surface area contributed by atoms with E-state index in [9.17, 15) is 8.42 Å². The van der Waals surface area contributed by atoms with Crippen molar-refractivity contribution < 1.29 is 8.42 Å². The molecule has 0 aliphatic carbocycles. The Morgan fingerprint density at radius 1 is 1.33 bits per heavy atom. The van der Waals surface area contributed by atoms with Crippen LogP contribution in [0.25, 0.3) is 0 Å². The molecule has 100 valence electrons. The van der Waals surface area contributed by atoms with Crippen LogP contribution in [0.2, 0.25) is 0 Å². The van der Waals surface area contributed by atoms with E-state index in [1.54, 1.807) is 0 Å². The number of hydrogen-bond donors (Lipinski definition) is 1. The van der Waals surface area contributed by atoms with E-state index < -0.39 is 9.84 Å². The van der Waals surface area contributed by atoms with Gasteiger partial charge in [0.15, 0.2) is 9.84 Å². The Balaban J connectivity index is 1.73. The molecule has 18 heavy (non-hydrogen) atoms. The van der Waals surface area contributed by atoms with Gasteiger partial charge in [-0.3, -0.25) is 0 Å². The molecule has 2 atom stereocenters. The van der Waals surface area contributed by atoms with Crippen molar-refractivity contribution in [2.75, 3.05) is 18.1 Å². The van der Waals surface area contributed by atoms with Crippen molar-refractivity contribution in [3.8, 4) is 0 Å². The van der Waals surface area contributed by atoms with Crippen molar-refractivity contribution in [1.82, 2.24) is 5.32 Å². The zero-order valence-corrected chi connectivity index (χ0v) is 11.6. The standard InChI is InChI=1S/C14H21NO2S/c1-12(13-5-3-2-4-6-13)7-9-15-14-8-10-18(16,17)11-14/h2-6,12,14-15H,7-11H2,1H3. The number of benzene rings is 1. The minimum Gasteiger partial charge on any atom is -0.313 e. The summed E-state index contributed by atoms with van der Waals surface area (Å²) in [4.78, 5) is 0. The summed E-state index contributed by atoms with van der Waals surface area (Å²) in [6, 6.07) is 10.6. The van der Waals surface area contributed by atoms with Crippen LogP contribution in [0.3, 0.4) is 0 Å². The van der Waals surface area contributed by atoms with Crippen molar-refractivity contribution in [3.05, 3.63) is 35.9 Å². The molecule has 3 nitrogen and oxygen atoms in total. The van der Waals surface area contributed by atoms with Crippen LogP contribution in [0.15, 0.2) is 30.3 Å². The molecule has 1 saturated heterocycles. The summed E-state index contributed by atoms with van der Waals surface area (Å²) in [5.41, 5.74) is 1.35. The molecule has 4 heteroatoms. The summed E-state index contributed by atoms with van der Waals surface area (Å²) >= 11 is 0. The van der Waals surface area contributed by atoms with E-state index in [1.165, 1.54) is 5.56 Å². The number of sulfone groups is 1. The fourth-order valence-corrected chi connectivity index (χ4v) is 4.12. The first-order chi connectivity index (χ1) is 8.57. The Labute approximate surface area is 110 Å². The third kappa shape index (κ3) is 3.82. The van der Waals surface area contributed by atoms with Gasteiger partial charge in [0.05, 0.1) is 11.5 Å². The molecule has 0 bridgehead atoms. The predicted octanol–water partition coefficient (Wildman–Crippen LogP) is 1.96. The van der Waals surface area contributed by atoms with Crippen molar-refractivity contribution in [3.63, 3.8) is 0 Å². The maximum atomic E-state index is 11.3. The van der Waals surface area contributed by atoms with Crippen LogP contribution in [0, 0.1) is 0 Å². The molecule has 0 radical (unpaired) electrons. The molecule has 1 heterocycles. The van der Waals surface area contributed by atoms with E-state index in [4.69, 9.17) is 0 Å². The van der Waals surface area contributed by atoms with Gasteiger partial charge in [0, 0.05) is 6.04 Å². The Bertz CT molecular complexity index is 470. The highest BCUT2D eigenvalue weighted by Crippen LogP contribution is 2.18. The van der Waals surface area contributed by atoms with Gasteiger partial charge in [-0.05, 0) is 30.9 Å². The fourth-order valence-electron chi connectivity index (χ4n) is 2.41. The van der Waals surface area contributed by atoms with Gasteiger partial charge in [-0.2, -0.15) is 0 Å². The molecular weight excluding hydrogens is 246 g/mol. The van der Waals surface area contributed by atoms with Gasteiger partial charge in [0.1, 0.15) is 0 Å². The average molecular weight is 267 g/mol. The molecule has 1 aliphatic rings. The summed E-state index contributed by atoms with van der Waals surface area (Å²) in [6.45, 7) is 3.10. The summed E-state index contributed by atoms with van der Waals surface area (Å²) in [7, 11) is -2.76. The Kier molecular flexibility index (Phi) is 4.40. The van der Waals surface area contributed by atoms with Crippen LogP contribution in [0.1, 0.15) is 31.2 Å². The third-order valence-corrected chi connectivity index (χ3v) is 5.38. The Hall–Kier alpha value is -0.870. The van der Waals surface area contributed by atoms with Crippen LogP contribution in [0.4, 0.5) is 0 Å². The first-order valence-corrected chi connectivity index (χ1v) is 8.38. The molecule has 0 aromatic heterocycles. The SMILES string of the molecule is CC(CCNC1CCS(=O)(=O)C1)c1ccccc1. The Morgan fingerprint density at radius 3 is 2.67 bits per heavy atom. The second kappa shape index (κ2) is 5.85. The van der Waals surface area contributed by atoms with E-state index in [0.29, 0.717) is 17.4 Å². The minimum atomic E-state index is -2.76. The number of hydrogen-bond acceptors (Lipinski definition) is 3. The molecule has 1 N–H and O–H groups in total. The van der Waals surface area contributed by atoms with Crippen LogP contribution in [-0.4, -0.2) is 32.5 Å². The topological polar surface area (TPSA) is 46.2 Å². The van der Waals surface area contributed by atoms with E-state index in [2.05, 4.69) is 36.5 Å². The van der Waals surface area contributed by atoms with Gasteiger partial charge >= 0.3 is 0 Å². The summed E-state index contributed by atoms with van der Waals surface area (Å²) in [6.07, 6.45) is 1.81. The maximum absolute atomic E-state index is 11.3. The van der Waals surface area contributed by atoms with Crippen molar-refractivity contribution in [2.45, 2.75) is 31.7 Å². The van der Waals surface area contributed by atoms with Crippen LogP contribution in [0.5, 0.6) is 0 Å². The largest absolute Gasteiger partial charge is 0.313 e. The summed E-state index contributed by atoms with van der Waals surface area (Å²) < 4.78 is 22.6. The molecule has 2 rings (SSSR count). The van der Waals surface area contributed by atoms with Crippen molar-refractivity contribution in [2.24, 2.45) is 0 Å². The van der Waals surface area contributed by atoms with E-state index in [0.717, 1.165) is 19.4 Å². The molecular formula is C14H21NO2S. The van der Waals surface area contributed by atoms with Gasteiger partial charge in [-0.25, -0.2) is 8.42 Å². The molecule has 0 amide bonds. The van der Waals surface area contributed by atoms with Gasteiger partial charge in [-0.1, -0.05) is 37.3 Å². The molecule has 1 aromatic rings. The van der Waals surface area contributed by atoms with Crippen molar-refractivity contribution >= 4 is 9.84 Å². The molecule has 1 aliphatic heterocycles. The monoisotopic (exact) mass is 267 g/mol. The minimum absolute atomic E-state index is 0.165. The lowest BCUT2D eigenvalue weighted by molar-refractivity contribution is 0.520. The Morgan fingerprint density at radius 2 is 2.06 bits per heavy atom. The summed E-state index contributed by atoms with van der Waals surface area (Å²) in [5.74, 6) is 1.17. The first kappa shape index (κ1) is 13.6. The van der Waals surface area contributed by atoms with Gasteiger partial charge in [-0.15, -0.1) is 0 Å². The van der Waals surface area contributed by atoms with Crippen LogP contribution in [-0.2, 0) is 9.84 Å². The molecule has 2 unspecified atom stereocenters. The zero-order valence-electron chi connectivity index (χ0n) is 10.8. The highest BCUT2D eigenvalue weighted by atomic mass is 32.2. The smallest absolute Gasteiger partial charge is 0.151 e. The zero-order chi connectivity index (χ0) is 13.0. The van der Waals surface area contributed by atoms with Crippen LogP contribution < -0.4 is 5.32 Å². The van der Waals surface area contributed by atoms with Gasteiger partial charge < -0.3 is 5.32 Å². The number of rotatable bonds is 5. The maximum Gasteiger partial charge on any atom is 0.151 e. The lowest BCUT2D eigenvalue weighted by Crippen LogP contribution is -2.31. The van der Waals surface area contributed by atoms with Crippen molar-refractivity contribution in [1.29, 1.82) is 0 Å². The van der Waals surface area contributed by atoms with E-state index >= 15 is 0 Å². The third-order valence-electron chi connectivity index (χ3n) is 3.61. The lowest BCUT2D eigenvalue weighted by atomic mass is 9.98. The molecule has 1 aromatic carbocycles. The average Bonchev–Trinajstić information content (AvgIpc) is 2.70. The second-order valence-corrected chi connectivity index (χ2v) is 7.38. The lowest BCUT2D eigenvalue weighted by Gasteiger charge is -2.15. The quantitative estimate of drug-likeness (QED) is 0.887. The summed E-state index contributed by atoms with van der Waals surface area (Å²) in [5, 5.41) is 3.36. The molecule has 0 spiro atoms.